The number of ether oxygens (including phenoxy) is 2. The SMILES string of the molecule is COc1ccc(C[C@@H]2NC(=O)[C@H](CCCCN)N(Cc3ccc(Oc4ccccc4)cc3)C2=O)cc1. The molecule has 1 saturated heterocycles. The van der Waals surface area contributed by atoms with Crippen molar-refractivity contribution in [3.05, 3.63) is 90.0 Å². The van der Waals surface area contributed by atoms with Crippen LogP contribution in [0.2, 0.25) is 0 Å². The lowest BCUT2D eigenvalue weighted by Crippen LogP contribution is -2.63. The van der Waals surface area contributed by atoms with Crippen molar-refractivity contribution in [3.63, 3.8) is 0 Å². The molecule has 0 spiro atoms. The number of unbranched alkanes of at least 4 members (excludes halogenated alkanes) is 1. The second-order valence-corrected chi connectivity index (χ2v) is 8.94. The Morgan fingerprint density at radius 2 is 1.47 bits per heavy atom. The van der Waals surface area contributed by atoms with Gasteiger partial charge in [0.1, 0.15) is 29.3 Å². The highest BCUT2D eigenvalue weighted by Crippen LogP contribution is 2.25. The zero-order chi connectivity index (χ0) is 25.3. The molecule has 2 amide bonds. The first-order valence-corrected chi connectivity index (χ1v) is 12.3. The lowest BCUT2D eigenvalue weighted by molar-refractivity contribution is -0.150. The summed E-state index contributed by atoms with van der Waals surface area (Å²) in [6.07, 6.45) is 2.60. The Bertz CT molecular complexity index is 1130. The fourth-order valence-corrected chi connectivity index (χ4v) is 4.40. The third kappa shape index (κ3) is 6.43. The average molecular weight is 488 g/mol. The molecule has 0 saturated carbocycles. The van der Waals surface area contributed by atoms with E-state index in [0.717, 1.165) is 35.5 Å². The number of carbonyl (C=O) groups excluding carboxylic acids is 2. The molecular formula is C29H33N3O4. The van der Waals surface area contributed by atoms with Crippen LogP contribution < -0.4 is 20.5 Å². The number of nitrogens with zero attached hydrogens (tertiary/aromatic N) is 1. The van der Waals surface area contributed by atoms with Crippen molar-refractivity contribution in [2.45, 2.75) is 44.3 Å². The third-order valence-corrected chi connectivity index (χ3v) is 6.36. The Balaban J connectivity index is 1.49. The van der Waals surface area contributed by atoms with E-state index in [2.05, 4.69) is 5.32 Å². The predicted octanol–water partition coefficient (Wildman–Crippen LogP) is 4.05. The van der Waals surface area contributed by atoms with E-state index in [4.69, 9.17) is 15.2 Å². The van der Waals surface area contributed by atoms with Gasteiger partial charge in [0.15, 0.2) is 0 Å². The molecule has 7 heteroatoms. The molecule has 0 aromatic heterocycles. The molecule has 3 N–H and O–H groups in total. The van der Waals surface area contributed by atoms with Gasteiger partial charge in [-0.25, -0.2) is 0 Å². The maximum Gasteiger partial charge on any atom is 0.246 e. The van der Waals surface area contributed by atoms with E-state index < -0.39 is 12.1 Å². The summed E-state index contributed by atoms with van der Waals surface area (Å²) in [4.78, 5) is 28.4. The van der Waals surface area contributed by atoms with Crippen LogP contribution in [0.3, 0.4) is 0 Å². The molecule has 0 bridgehead atoms. The number of rotatable bonds is 11. The van der Waals surface area contributed by atoms with Gasteiger partial charge in [0.05, 0.1) is 7.11 Å². The highest BCUT2D eigenvalue weighted by atomic mass is 16.5. The standard InChI is InChI=1S/C29H33N3O4/c1-35-23-14-10-21(11-15-23)19-26-29(34)32(27(28(33)31-26)9-5-6-18-30)20-22-12-16-25(17-13-22)36-24-7-3-2-4-8-24/h2-4,7-8,10-17,26-27H,5-6,9,18-20,30H2,1H3,(H,31,33)/t26-,27-/m0/s1. The third-order valence-electron chi connectivity index (χ3n) is 6.36. The van der Waals surface area contributed by atoms with Crippen molar-refractivity contribution < 1.29 is 19.1 Å². The fourth-order valence-electron chi connectivity index (χ4n) is 4.40. The van der Waals surface area contributed by atoms with Crippen molar-refractivity contribution >= 4 is 11.8 Å². The van der Waals surface area contributed by atoms with E-state index in [9.17, 15) is 9.59 Å². The van der Waals surface area contributed by atoms with Crippen LogP contribution in [0.5, 0.6) is 17.2 Å². The van der Waals surface area contributed by atoms with Gasteiger partial charge in [-0.2, -0.15) is 0 Å². The first kappa shape index (κ1) is 25.3. The first-order valence-electron chi connectivity index (χ1n) is 12.3. The van der Waals surface area contributed by atoms with Crippen molar-refractivity contribution in [3.8, 4) is 17.2 Å². The minimum Gasteiger partial charge on any atom is -0.497 e. The number of hydrogen-bond acceptors (Lipinski definition) is 5. The number of carbonyl (C=O) groups is 2. The van der Waals surface area contributed by atoms with E-state index in [1.54, 1.807) is 12.0 Å². The van der Waals surface area contributed by atoms with Gasteiger partial charge >= 0.3 is 0 Å². The van der Waals surface area contributed by atoms with Crippen LogP contribution in [0.1, 0.15) is 30.4 Å². The Kier molecular flexibility index (Phi) is 8.57. The molecule has 0 radical (unpaired) electrons. The predicted molar refractivity (Wildman–Crippen MR) is 139 cm³/mol. The molecule has 3 aromatic rings. The normalized spacial score (nSPS) is 17.6. The van der Waals surface area contributed by atoms with Gasteiger partial charge in [0.2, 0.25) is 11.8 Å². The zero-order valence-corrected chi connectivity index (χ0v) is 20.6. The monoisotopic (exact) mass is 487 g/mol. The summed E-state index contributed by atoms with van der Waals surface area (Å²) in [6, 6.07) is 23.6. The van der Waals surface area contributed by atoms with E-state index in [0.29, 0.717) is 31.7 Å². The molecule has 2 atom stereocenters. The highest BCUT2D eigenvalue weighted by molar-refractivity contribution is 5.97. The zero-order valence-electron chi connectivity index (χ0n) is 20.6. The van der Waals surface area contributed by atoms with Crippen molar-refractivity contribution in [1.82, 2.24) is 10.2 Å². The minimum atomic E-state index is -0.614. The molecular weight excluding hydrogens is 454 g/mol. The van der Waals surface area contributed by atoms with E-state index in [-0.39, 0.29) is 11.8 Å². The lowest BCUT2D eigenvalue weighted by atomic mass is 9.97. The topological polar surface area (TPSA) is 93.9 Å². The van der Waals surface area contributed by atoms with Crippen molar-refractivity contribution in [1.29, 1.82) is 0 Å². The Labute approximate surface area is 212 Å². The van der Waals surface area contributed by atoms with Gasteiger partial charge in [-0.1, -0.05) is 42.5 Å². The molecule has 1 heterocycles. The molecule has 1 fully saturated rings. The highest BCUT2D eigenvalue weighted by Gasteiger charge is 2.40. The second kappa shape index (κ2) is 12.2. The maximum absolute atomic E-state index is 13.6. The summed E-state index contributed by atoms with van der Waals surface area (Å²) in [5, 5.41) is 2.96. The molecule has 0 unspecified atom stereocenters. The summed E-state index contributed by atoms with van der Waals surface area (Å²) in [5.74, 6) is 2.03. The second-order valence-electron chi connectivity index (χ2n) is 8.94. The first-order chi connectivity index (χ1) is 17.6. The molecule has 1 aliphatic rings. The van der Waals surface area contributed by atoms with Crippen LogP contribution >= 0.6 is 0 Å². The summed E-state index contributed by atoms with van der Waals surface area (Å²) in [5.41, 5.74) is 7.55. The van der Waals surface area contributed by atoms with E-state index in [1.165, 1.54) is 0 Å². The van der Waals surface area contributed by atoms with Gasteiger partial charge in [-0.3, -0.25) is 9.59 Å². The van der Waals surface area contributed by atoms with Gasteiger partial charge in [0, 0.05) is 13.0 Å². The number of methoxy groups -OCH3 is 1. The summed E-state index contributed by atoms with van der Waals surface area (Å²) in [7, 11) is 1.61. The number of benzene rings is 3. The average Bonchev–Trinajstić information content (AvgIpc) is 2.90. The maximum atomic E-state index is 13.6. The summed E-state index contributed by atoms with van der Waals surface area (Å²) < 4.78 is 11.1. The fraction of sp³-hybridized carbons (Fsp3) is 0.310. The molecule has 1 aliphatic heterocycles. The Hall–Kier alpha value is -3.84. The van der Waals surface area contributed by atoms with Crippen LogP contribution in [0, 0.1) is 0 Å². The van der Waals surface area contributed by atoms with Crippen molar-refractivity contribution in [2.75, 3.05) is 13.7 Å². The number of nitrogens with one attached hydrogen (secondary N) is 1. The van der Waals surface area contributed by atoms with Gasteiger partial charge in [0.25, 0.3) is 0 Å². The van der Waals surface area contributed by atoms with E-state index >= 15 is 0 Å². The van der Waals surface area contributed by atoms with Crippen LogP contribution in [-0.4, -0.2) is 42.5 Å². The van der Waals surface area contributed by atoms with Crippen molar-refractivity contribution in [2.24, 2.45) is 5.73 Å². The Morgan fingerprint density at radius 3 is 2.14 bits per heavy atom. The van der Waals surface area contributed by atoms with Crippen LogP contribution in [0.4, 0.5) is 0 Å². The van der Waals surface area contributed by atoms with Crippen LogP contribution in [0.25, 0.3) is 0 Å². The number of amides is 2. The number of piperazine rings is 1. The smallest absolute Gasteiger partial charge is 0.246 e. The van der Waals surface area contributed by atoms with Gasteiger partial charge in [-0.05, 0) is 73.3 Å². The van der Waals surface area contributed by atoms with Crippen LogP contribution in [-0.2, 0) is 22.6 Å². The van der Waals surface area contributed by atoms with E-state index in [1.807, 2.05) is 78.9 Å². The summed E-state index contributed by atoms with van der Waals surface area (Å²) >= 11 is 0. The largest absolute Gasteiger partial charge is 0.497 e. The molecule has 0 aliphatic carbocycles. The molecule has 188 valence electrons. The molecule has 3 aromatic carbocycles. The quantitative estimate of drug-likeness (QED) is 0.398. The van der Waals surface area contributed by atoms with Gasteiger partial charge in [-0.15, -0.1) is 0 Å². The number of para-hydroxylation sites is 1. The lowest BCUT2D eigenvalue weighted by Gasteiger charge is -2.39. The summed E-state index contributed by atoms with van der Waals surface area (Å²) in [6.45, 7) is 0.912. The van der Waals surface area contributed by atoms with Crippen LogP contribution in [0.15, 0.2) is 78.9 Å². The molecule has 7 nitrogen and oxygen atoms in total. The minimum absolute atomic E-state index is 0.0761. The molecule has 4 rings (SSSR count). The number of nitrogens with two attached hydrogens (primary N) is 1. The number of hydrogen-bond donors (Lipinski definition) is 2. The Morgan fingerprint density at radius 1 is 0.833 bits per heavy atom. The van der Waals surface area contributed by atoms with Gasteiger partial charge < -0.3 is 25.4 Å². The molecule has 36 heavy (non-hydrogen) atoms.